The molecule has 1 aromatic rings. The molecule has 2 rings (SSSR count). The summed E-state index contributed by atoms with van der Waals surface area (Å²) in [7, 11) is 0. The minimum atomic E-state index is -1.00. The van der Waals surface area contributed by atoms with E-state index < -0.39 is 18.2 Å². The van der Waals surface area contributed by atoms with Crippen LogP contribution in [0.2, 0.25) is 0 Å². The first-order chi connectivity index (χ1) is 7.66. The lowest BCUT2D eigenvalue weighted by Gasteiger charge is -2.29. The number of hydrogen-bond donors (Lipinski definition) is 3. The molecule has 2 unspecified atom stereocenters. The minimum Gasteiger partial charge on any atom is -0.480 e. The van der Waals surface area contributed by atoms with Crippen molar-refractivity contribution in [3.8, 4) is 0 Å². The third kappa shape index (κ3) is 2.20. The topological polar surface area (TPSA) is 78.4 Å². The fourth-order valence-electron chi connectivity index (χ4n) is 1.69. The van der Waals surface area contributed by atoms with Gasteiger partial charge in [0.2, 0.25) is 5.91 Å². The van der Waals surface area contributed by atoms with Crippen LogP contribution in [0.25, 0.3) is 0 Å². The molecule has 0 aliphatic carbocycles. The van der Waals surface area contributed by atoms with Crippen LogP contribution in [0.3, 0.4) is 0 Å². The van der Waals surface area contributed by atoms with Gasteiger partial charge in [-0.05, 0) is 5.56 Å². The Labute approximate surface area is 92.5 Å². The third-order valence-corrected chi connectivity index (χ3v) is 2.49. The van der Waals surface area contributed by atoms with Crippen LogP contribution in [-0.2, 0) is 9.59 Å². The molecule has 84 valence electrons. The standard InChI is InChI=1S/C11H12N2O3/c14-9-6-8(11(15)16)12-10(13-9)7-4-2-1-3-5-7/h1-5,8,10,12H,6H2,(H,13,14)(H,15,16). The number of carbonyl (C=O) groups is 2. The quantitative estimate of drug-likeness (QED) is 0.667. The molecule has 3 N–H and O–H groups in total. The molecule has 1 saturated heterocycles. The van der Waals surface area contributed by atoms with E-state index in [0.717, 1.165) is 5.56 Å². The Balaban J connectivity index is 2.17. The molecule has 1 aromatic carbocycles. The molecule has 1 aliphatic rings. The van der Waals surface area contributed by atoms with Gasteiger partial charge in [-0.3, -0.25) is 14.9 Å². The van der Waals surface area contributed by atoms with Gasteiger partial charge < -0.3 is 10.4 Å². The van der Waals surface area contributed by atoms with Crippen LogP contribution >= 0.6 is 0 Å². The zero-order valence-corrected chi connectivity index (χ0v) is 8.51. The molecule has 16 heavy (non-hydrogen) atoms. The minimum absolute atomic E-state index is 0.0291. The zero-order chi connectivity index (χ0) is 11.5. The van der Waals surface area contributed by atoms with Crippen molar-refractivity contribution < 1.29 is 14.7 Å². The molecule has 0 radical (unpaired) electrons. The molecule has 1 fully saturated rings. The molecule has 0 saturated carbocycles. The largest absolute Gasteiger partial charge is 0.480 e. The van der Waals surface area contributed by atoms with E-state index >= 15 is 0 Å². The Hall–Kier alpha value is -1.88. The van der Waals surface area contributed by atoms with E-state index in [1.54, 1.807) is 0 Å². The first kappa shape index (κ1) is 10.6. The summed E-state index contributed by atoms with van der Waals surface area (Å²) in [4.78, 5) is 22.2. The number of carboxylic acids is 1. The van der Waals surface area contributed by atoms with Crippen molar-refractivity contribution in [2.75, 3.05) is 0 Å². The Morgan fingerprint density at radius 3 is 2.62 bits per heavy atom. The van der Waals surface area contributed by atoms with Gasteiger partial charge in [0.25, 0.3) is 0 Å². The molecule has 1 aliphatic heterocycles. The van der Waals surface area contributed by atoms with Crippen LogP contribution in [0, 0.1) is 0 Å². The second kappa shape index (κ2) is 4.32. The van der Waals surface area contributed by atoms with Crippen molar-refractivity contribution in [2.24, 2.45) is 0 Å². The van der Waals surface area contributed by atoms with Crippen molar-refractivity contribution in [2.45, 2.75) is 18.6 Å². The van der Waals surface area contributed by atoms with E-state index in [-0.39, 0.29) is 12.3 Å². The van der Waals surface area contributed by atoms with Gasteiger partial charge in [-0.2, -0.15) is 0 Å². The van der Waals surface area contributed by atoms with Gasteiger partial charge in [0.15, 0.2) is 0 Å². The van der Waals surface area contributed by atoms with E-state index in [2.05, 4.69) is 10.6 Å². The molecule has 1 amide bonds. The number of carboxylic acid groups (broad SMARTS) is 1. The molecular weight excluding hydrogens is 208 g/mol. The lowest BCUT2D eigenvalue weighted by atomic mass is 10.1. The van der Waals surface area contributed by atoms with Gasteiger partial charge in [0, 0.05) is 0 Å². The van der Waals surface area contributed by atoms with Gasteiger partial charge in [0.1, 0.15) is 12.2 Å². The summed E-state index contributed by atoms with van der Waals surface area (Å²) in [6.07, 6.45) is -0.456. The van der Waals surface area contributed by atoms with Crippen LogP contribution in [0.1, 0.15) is 18.2 Å². The smallest absolute Gasteiger partial charge is 0.321 e. The predicted molar refractivity (Wildman–Crippen MR) is 56.5 cm³/mol. The zero-order valence-electron chi connectivity index (χ0n) is 8.51. The second-order valence-electron chi connectivity index (χ2n) is 3.67. The van der Waals surface area contributed by atoms with E-state index in [0.29, 0.717) is 0 Å². The summed E-state index contributed by atoms with van der Waals surface area (Å²) < 4.78 is 0. The number of hydrogen-bond acceptors (Lipinski definition) is 3. The van der Waals surface area contributed by atoms with Crippen molar-refractivity contribution >= 4 is 11.9 Å². The molecular formula is C11H12N2O3. The highest BCUT2D eigenvalue weighted by molar-refractivity contribution is 5.85. The van der Waals surface area contributed by atoms with Gasteiger partial charge >= 0.3 is 5.97 Å². The molecule has 2 atom stereocenters. The highest BCUT2D eigenvalue weighted by Gasteiger charge is 2.30. The van der Waals surface area contributed by atoms with Crippen molar-refractivity contribution in [3.05, 3.63) is 35.9 Å². The number of carbonyl (C=O) groups excluding carboxylic acids is 1. The van der Waals surface area contributed by atoms with Crippen molar-refractivity contribution in [1.29, 1.82) is 0 Å². The molecule has 0 spiro atoms. The Morgan fingerprint density at radius 1 is 1.31 bits per heavy atom. The van der Waals surface area contributed by atoms with E-state index in [1.165, 1.54) is 0 Å². The van der Waals surface area contributed by atoms with Crippen molar-refractivity contribution in [3.63, 3.8) is 0 Å². The van der Waals surface area contributed by atoms with Crippen LogP contribution in [0.15, 0.2) is 30.3 Å². The Morgan fingerprint density at radius 2 is 2.00 bits per heavy atom. The van der Waals surface area contributed by atoms with Gasteiger partial charge in [-0.1, -0.05) is 30.3 Å². The number of rotatable bonds is 2. The van der Waals surface area contributed by atoms with Crippen LogP contribution in [0.4, 0.5) is 0 Å². The average Bonchev–Trinajstić information content (AvgIpc) is 2.29. The van der Waals surface area contributed by atoms with Crippen LogP contribution in [-0.4, -0.2) is 23.0 Å². The number of amides is 1. The Kier molecular flexibility index (Phi) is 2.87. The lowest BCUT2D eigenvalue weighted by molar-refractivity contribution is -0.143. The number of aliphatic carboxylic acids is 1. The summed E-state index contributed by atoms with van der Waals surface area (Å²) in [6.45, 7) is 0. The summed E-state index contributed by atoms with van der Waals surface area (Å²) >= 11 is 0. The summed E-state index contributed by atoms with van der Waals surface area (Å²) in [5, 5.41) is 14.5. The fraction of sp³-hybridized carbons (Fsp3) is 0.273. The fourth-order valence-corrected chi connectivity index (χ4v) is 1.69. The molecule has 5 nitrogen and oxygen atoms in total. The van der Waals surface area contributed by atoms with Gasteiger partial charge in [0.05, 0.1) is 6.42 Å². The normalized spacial score (nSPS) is 24.9. The average molecular weight is 220 g/mol. The lowest BCUT2D eigenvalue weighted by Crippen LogP contribution is -2.53. The third-order valence-electron chi connectivity index (χ3n) is 2.49. The monoisotopic (exact) mass is 220 g/mol. The maximum Gasteiger partial charge on any atom is 0.321 e. The molecule has 0 bridgehead atoms. The first-order valence-corrected chi connectivity index (χ1v) is 5.00. The van der Waals surface area contributed by atoms with Crippen LogP contribution in [0.5, 0.6) is 0 Å². The molecule has 1 heterocycles. The van der Waals surface area contributed by atoms with E-state index in [1.807, 2.05) is 30.3 Å². The predicted octanol–water partition coefficient (Wildman–Crippen LogP) is 0.248. The highest BCUT2D eigenvalue weighted by atomic mass is 16.4. The second-order valence-corrected chi connectivity index (χ2v) is 3.67. The number of nitrogens with one attached hydrogen (secondary N) is 2. The number of benzene rings is 1. The SMILES string of the molecule is O=C1CC(C(=O)O)NC(c2ccccc2)N1. The molecule has 5 heteroatoms. The Bertz CT molecular complexity index is 405. The van der Waals surface area contributed by atoms with E-state index in [9.17, 15) is 9.59 Å². The maximum absolute atomic E-state index is 11.3. The summed E-state index contributed by atoms with van der Waals surface area (Å²) in [6, 6.07) is 8.40. The van der Waals surface area contributed by atoms with Crippen molar-refractivity contribution in [1.82, 2.24) is 10.6 Å². The maximum atomic E-state index is 11.3. The summed E-state index contributed by atoms with van der Waals surface area (Å²) in [5.41, 5.74) is 0.849. The highest BCUT2D eigenvalue weighted by Crippen LogP contribution is 2.15. The van der Waals surface area contributed by atoms with Gasteiger partial charge in [-0.15, -0.1) is 0 Å². The first-order valence-electron chi connectivity index (χ1n) is 5.00. The molecule has 0 aromatic heterocycles. The van der Waals surface area contributed by atoms with Crippen LogP contribution < -0.4 is 10.6 Å². The summed E-state index contributed by atoms with van der Waals surface area (Å²) in [5.74, 6) is -1.25. The van der Waals surface area contributed by atoms with Gasteiger partial charge in [-0.25, -0.2) is 0 Å². The van der Waals surface area contributed by atoms with E-state index in [4.69, 9.17) is 5.11 Å².